The van der Waals surface area contributed by atoms with Crippen LogP contribution in [-0.2, 0) is 16.1 Å². The zero-order chi connectivity index (χ0) is 12.3. The minimum absolute atomic E-state index is 0.238. The Hall–Kier alpha value is -0.870. The Kier molecular flexibility index (Phi) is 3.84. The van der Waals surface area contributed by atoms with E-state index in [1.165, 1.54) is 0 Å². The second kappa shape index (κ2) is 5.19. The zero-order valence-corrected chi connectivity index (χ0v) is 11.0. The van der Waals surface area contributed by atoms with Crippen molar-refractivity contribution in [2.45, 2.75) is 44.8 Å². The Balaban J connectivity index is 1.86. The SMILES string of the molecule is CC1CCC(N)(C(=O)OCc2cccs2)CC1. The molecule has 0 bridgehead atoms. The first-order chi connectivity index (χ1) is 8.10. The molecule has 0 unspecified atom stereocenters. The number of thiophene rings is 1. The van der Waals surface area contributed by atoms with E-state index in [1.54, 1.807) is 11.3 Å². The van der Waals surface area contributed by atoms with Crippen molar-refractivity contribution in [2.24, 2.45) is 11.7 Å². The molecule has 0 saturated heterocycles. The molecule has 0 atom stereocenters. The Morgan fingerprint density at radius 3 is 2.88 bits per heavy atom. The van der Waals surface area contributed by atoms with Crippen molar-refractivity contribution < 1.29 is 9.53 Å². The van der Waals surface area contributed by atoms with Crippen LogP contribution in [0.3, 0.4) is 0 Å². The minimum Gasteiger partial charge on any atom is -0.459 e. The van der Waals surface area contributed by atoms with Crippen molar-refractivity contribution in [1.82, 2.24) is 0 Å². The molecule has 1 heterocycles. The molecule has 1 aliphatic carbocycles. The summed E-state index contributed by atoms with van der Waals surface area (Å²) in [5.41, 5.74) is 5.39. The van der Waals surface area contributed by atoms with Gasteiger partial charge in [-0.1, -0.05) is 13.0 Å². The summed E-state index contributed by atoms with van der Waals surface area (Å²) in [7, 11) is 0. The molecule has 3 nitrogen and oxygen atoms in total. The lowest BCUT2D eigenvalue weighted by atomic mass is 9.78. The van der Waals surface area contributed by atoms with Gasteiger partial charge in [0, 0.05) is 4.88 Å². The molecule has 0 radical (unpaired) electrons. The number of carbonyl (C=O) groups excluding carboxylic acids is 1. The van der Waals surface area contributed by atoms with Gasteiger partial charge in [-0.05, 0) is 43.0 Å². The van der Waals surface area contributed by atoms with Crippen LogP contribution in [0.15, 0.2) is 17.5 Å². The topological polar surface area (TPSA) is 52.3 Å². The van der Waals surface area contributed by atoms with Gasteiger partial charge in [-0.2, -0.15) is 0 Å². The maximum Gasteiger partial charge on any atom is 0.326 e. The van der Waals surface area contributed by atoms with Crippen LogP contribution in [0.2, 0.25) is 0 Å². The summed E-state index contributed by atoms with van der Waals surface area (Å²) in [6.45, 7) is 2.56. The molecule has 94 valence electrons. The number of rotatable bonds is 3. The second-order valence-corrected chi connectivity index (χ2v) is 6.03. The van der Waals surface area contributed by atoms with Crippen molar-refractivity contribution in [2.75, 3.05) is 0 Å². The van der Waals surface area contributed by atoms with E-state index in [0.717, 1.165) is 30.6 Å². The molecule has 1 aromatic heterocycles. The highest BCUT2D eigenvalue weighted by atomic mass is 32.1. The smallest absolute Gasteiger partial charge is 0.326 e. The molecule has 17 heavy (non-hydrogen) atoms. The summed E-state index contributed by atoms with van der Waals surface area (Å²) >= 11 is 1.59. The van der Waals surface area contributed by atoms with E-state index in [1.807, 2.05) is 17.5 Å². The third-order valence-electron chi connectivity index (χ3n) is 3.50. The summed E-state index contributed by atoms with van der Waals surface area (Å²) in [5, 5.41) is 1.98. The van der Waals surface area contributed by atoms with Gasteiger partial charge >= 0.3 is 5.97 Å². The first-order valence-corrected chi connectivity index (χ1v) is 6.96. The molecule has 0 amide bonds. The van der Waals surface area contributed by atoms with Gasteiger partial charge in [0.1, 0.15) is 12.1 Å². The number of nitrogens with two attached hydrogens (primary N) is 1. The van der Waals surface area contributed by atoms with Gasteiger partial charge in [0.25, 0.3) is 0 Å². The van der Waals surface area contributed by atoms with E-state index in [-0.39, 0.29) is 5.97 Å². The molecule has 2 rings (SSSR count). The van der Waals surface area contributed by atoms with Crippen molar-refractivity contribution in [3.63, 3.8) is 0 Å². The van der Waals surface area contributed by atoms with E-state index < -0.39 is 5.54 Å². The van der Waals surface area contributed by atoms with Gasteiger partial charge in [0.15, 0.2) is 0 Å². The number of hydrogen-bond donors (Lipinski definition) is 1. The number of ether oxygens (including phenoxy) is 1. The fourth-order valence-electron chi connectivity index (χ4n) is 2.16. The molecule has 0 aliphatic heterocycles. The summed E-state index contributed by atoms with van der Waals surface area (Å²) < 4.78 is 5.31. The molecule has 0 spiro atoms. The Morgan fingerprint density at radius 1 is 1.59 bits per heavy atom. The second-order valence-electron chi connectivity index (χ2n) is 4.99. The van der Waals surface area contributed by atoms with E-state index in [4.69, 9.17) is 10.5 Å². The predicted octanol–water partition coefficient (Wildman–Crippen LogP) is 2.70. The van der Waals surface area contributed by atoms with E-state index in [9.17, 15) is 4.79 Å². The Bertz CT molecular complexity index is 367. The fraction of sp³-hybridized carbons (Fsp3) is 0.615. The highest BCUT2D eigenvalue weighted by Crippen LogP contribution is 2.31. The molecule has 0 aromatic carbocycles. The van der Waals surface area contributed by atoms with E-state index in [2.05, 4.69) is 6.92 Å². The van der Waals surface area contributed by atoms with Crippen LogP contribution < -0.4 is 5.73 Å². The van der Waals surface area contributed by atoms with Gasteiger partial charge in [0.05, 0.1) is 0 Å². The van der Waals surface area contributed by atoms with Crippen LogP contribution >= 0.6 is 11.3 Å². The van der Waals surface area contributed by atoms with E-state index >= 15 is 0 Å². The van der Waals surface area contributed by atoms with Crippen LogP contribution in [0.4, 0.5) is 0 Å². The van der Waals surface area contributed by atoms with Gasteiger partial charge in [-0.3, -0.25) is 4.79 Å². The third-order valence-corrected chi connectivity index (χ3v) is 4.35. The van der Waals surface area contributed by atoms with Crippen LogP contribution in [-0.4, -0.2) is 11.5 Å². The van der Waals surface area contributed by atoms with Crippen molar-refractivity contribution >= 4 is 17.3 Å². The summed E-state index contributed by atoms with van der Waals surface area (Å²) in [6.07, 6.45) is 3.53. The lowest BCUT2D eigenvalue weighted by molar-refractivity contribution is -0.153. The number of carbonyl (C=O) groups is 1. The first-order valence-electron chi connectivity index (χ1n) is 6.09. The monoisotopic (exact) mass is 253 g/mol. The Labute approximate surface area is 106 Å². The predicted molar refractivity (Wildman–Crippen MR) is 68.7 cm³/mol. The number of hydrogen-bond acceptors (Lipinski definition) is 4. The van der Waals surface area contributed by atoms with Crippen LogP contribution in [0.5, 0.6) is 0 Å². The highest BCUT2D eigenvalue weighted by molar-refractivity contribution is 7.09. The molecular formula is C13H19NO2S. The van der Waals surface area contributed by atoms with Crippen molar-refractivity contribution in [3.05, 3.63) is 22.4 Å². The maximum atomic E-state index is 12.0. The highest BCUT2D eigenvalue weighted by Gasteiger charge is 2.38. The normalized spacial score (nSPS) is 28.9. The average molecular weight is 253 g/mol. The summed E-state index contributed by atoms with van der Waals surface area (Å²) in [4.78, 5) is 13.0. The molecule has 1 saturated carbocycles. The maximum absolute atomic E-state index is 12.0. The van der Waals surface area contributed by atoms with Crippen LogP contribution in [0.25, 0.3) is 0 Å². The lowest BCUT2D eigenvalue weighted by Gasteiger charge is -2.33. The first kappa shape index (κ1) is 12.6. The quantitative estimate of drug-likeness (QED) is 0.843. The van der Waals surface area contributed by atoms with Gasteiger partial charge in [-0.15, -0.1) is 11.3 Å². The van der Waals surface area contributed by atoms with Crippen molar-refractivity contribution in [1.29, 1.82) is 0 Å². The Morgan fingerprint density at radius 2 is 2.29 bits per heavy atom. The van der Waals surface area contributed by atoms with Crippen LogP contribution in [0, 0.1) is 5.92 Å². The largest absolute Gasteiger partial charge is 0.459 e. The summed E-state index contributed by atoms with van der Waals surface area (Å²) in [5.74, 6) is 0.439. The zero-order valence-electron chi connectivity index (χ0n) is 10.1. The standard InChI is InChI=1S/C13H19NO2S/c1-10-4-6-13(14,7-5-10)12(15)16-9-11-3-2-8-17-11/h2-3,8,10H,4-7,9,14H2,1H3. The van der Waals surface area contributed by atoms with E-state index in [0.29, 0.717) is 12.5 Å². The molecule has 1 aromatic rings. The fourth-order valence-corrected chi connectivity index (χ4v) is 2.77. The lowest BCUT2D eigenvalue weighted by Crippen LogP contribution is -2.51. The molecular weight excluding hydrogens is 234 g/mol. The molecule has 1 aliphatic rings. The summed E-state index contributed by atoms with van der Waals surface area (Å²) in [6, 6.07) is 3.92. The number of esters is 1. The van der Waals surface area contributed by atoms with Gasteiger partial charge in [-0.25, -0.2) is 0 Å². The molecule has 1 fully saturated rings. The average Bonchev–Trinajstić information content (AvgIpc) is 2.83. The molecule has 4 heteroatoms. The van der Waals surface area contributed by atoms with Crippen molar-refractivity contribution in [3.8, 4) is 0 Å². The molecule has 2 N–H and O–H groups in total. The van der Waals surface area contributed by atoms with Gasteiger partial charge < -0.3 is 10.5 Å². The van der Waals surface area contributed by atoms with Gasteiger partial charge in [0.2, 0.25) is 0 Å². The third kappa shape index (κ3) is 3.07. The minimum atomic E-state index is -0.746. The van der Waals surface area contributed by atoms with Crippen LogP contribution in [0.1, 0.15) is 37.5 Å².